The molecule has 0 radical (unpaired) electrons. The molecule has 1 heterocycles. The van der Waals surface area contributed by atoms with Gasteiger partial charge < -0.3 is 29.9 Å². The third-order valence-electron chi connectivity index (χ3n) is 7.24. The second kappa shape index (κ2) is 10.8. The minimum Gasteiger partial charge on any atom is -0.493 e. The number of carbonyl (C=O) groups is 4. The maximum atomic E-state index is 13.3. The summed E-state index contributed by atoms with van der Waals surface area (Å²) in [4.78, 5) is 52.0. The highest BCUT2D eigenvalue weighted by molar-refractivity contribution is 6.36. The number of Topliss-reactive ketones (excluding diaryl/α,β-unsaturated/α-hetero) is 1. The number of ketones is 1. The lowest BCUT2D eigenvalue weighted by Crippen LogP contribution is -2.59. The van der Waals surface area contributed by atoms with Gasteiger partial charge in [0.2, 0.25) is 11.7 Å². The van der Waals surface area contributed by atoms with Gasteiger partial charge in [0.1, 0.15) is 18.5 Å². The van der Waals surface area contributed by atoms with Crippen molar-refractivity contribution in [1.29, 1.82) is 0 Å². The minimum absolute atomic E-state index is 0.00574. The number of nitrogens with one attached hydrogen (secondary N) is 1. The monoisotopic (exact) mass is 500 g/mol. The second-order valence-electron chi connectivity index (χ2n) is 9.33. The van der Waals surface area contributed by atoms with Gasteiger partial charge in [-0.15, -0.1) is 0 Å². The molecule has 1 aromatic rings. The van der Waals surface area contributed by atoms with Crippen molar-refractivity contribution in [2.45, 2.75) is 69.2 Å². The van der Waals surface area contributed by atoms with Crippen molar-refractivity contribution in [2.24, 2.45) is 0 Å². The van der Waals surface area contributed by atoms with Crippen LogP contribution in [0.3, 0.4) is 0 Å². The zero-order valence-electron chi connectivity index (χ0n) is 20.4. The number of nitrogens with zero attached hydrogens (tertiary/aromatic N) is 1. The van der Waals surface area contributed by atoms with Gasteiger partial charge in [-0.25, -0.2) is 0 Å². The summed E-state index contributed by atoms with van der Waals surface area (Å²) in [6.45, 7) is 1.34. The van der Waals surface area contributed by atoms with E-state index in [-0.39, 0.29) is 36.9 Å². The normalized spacial score (nSPS) is 24.7. The van der Waals surface area contributed by atoms with Crippen LogP contribution in [0.5, 0.6) is 11.5 Å². The van der Waals surface area contributed by atoms with E-state index in [0.29, 0.717) is 36.0 Å². The Morgan fingerprint density at radius 1 is 1.25 bits per heavy atom. The molecule has 4 rings (SSSR count). The molecule has 1 aromatic carbocycles. The van der Waals surface area contributed by atoms with Gasteiger partial charge in [0.05, 0.1) is 25.7 Å². The Balaban J connectivity index is 1.84. The highest BCUT2D eigenvalue weighted by Gasteiger charge is 2.52. The number of ether oxygens (including phenoxy) is 2. The molecule has 4 atom stereocenters. The number of rotatable bonds is 9. The van der Waals surface area contributed by atoms with Gasteiger partial charge in [0.25, 0.3) is 5.91 Å². The summed E-state index contributed by atoms with van der Waals surface area (Å²) in [7, 11) is 1.43. The summed E-state index contributed by atoms with van der Waals surface area (Å²) in [6, 6.07) is 1.88. The first-order valence-corrected chi connectivity index (χ1v) is 12.3. The number of amides is 2. The molecular weight excluding hydrogens is 468 g/mol. The van der Waals surface area contributed by atoms with E-state index >= 15 is 0 Å². The van der Waals surface area contributed by atoms with Crippen LogP contribution in [0.1, 0.15) is 60.9 Å². The third kappa shape index (κ3) is 4.51. The van der Waals surface area contributed by atoms with Gasteiger partial charge in [-0.2, -0.15) is 0 Å². The third-order valence-corrected chi connectivity index (χ3v) is 7.24. The van der Waals surface area contributed by atoms with Crippen molar-refractivity contribution in [3.63, 3.8) is 0 Å². The van der Waals surface area contributed by atoms with E-state index in [0.717, 1.165) is 12.8 Å². The van der Waals surface area contributed by atoms with Gasteiger partial charge in [-0.3, -0.25) is 19.2 Å². The summed E-state index contributed by atoms with van der Waals surface area (Å²) in [6.07, 6.45) is 3.17. The molecule has 3 N–H and O–H groups in total. The standard InChI is InChI=1S/C26H32N2O8/c1-3-19(31)26(34)28(15-6-4-5-7-15)18-12-17(25(33)27-8-9-29)21-16-10-14(13-30)11-20(35-2)23(16)36-24(21)22(18)32/h10-13,15,18,21-22,24,29,32H,3-9H2,1-2H3,(H,27,33)/t18-,21+,22+,24+/m1/s1. The molecule has 1 saturated carbocycles. The predicted molar refractivity (Wildman–Crippen MR) is 128 cm³/mol. The van der Waals surface area contributed by atoms with Crippen LogP contribution in [0.2, 0.25) is 0 Å². The minimum atomic E-state index is -1.25. The molecular formula is C26H32N2O8. The van der Waals surface area contributed by atoms with Crippen molar-refractivity contribution in [1.82, 2.24) is 10.2 Å². The molecule has 194 valence electrons. The first kappa shape index (κ1) is 25.8. The van der Waals surface area contributed by atoms with Crippen molar-refractivity contribution in [3.8, 4) is 11.5 Å². The highest BCUT2D eigenvalue weighted by atomic mass is 16.5. The van der Waals surface area contributed by atoms with E-state index in [1.807, 2.05) is 0 Å². The maximum Gasteiger partial charge on any atom is 0.290 e. The van der Waals surface area contributed by atoms with Crippen LogP contribution < -0.4 is 14.8 Å². The SMILES string of the molecule is CCC(=O)C(=O)N(C1CCCC1)[C@@H]1C=C(C(=O)NCCO)[C@@H]2c3cc(C=O)cc(OC)c3O[C@@H]2[C@H]1O. The summed E-state index contributed by atoms with van der Waals surface area (Å²) < 4.78 is 11.6. The van der Waals surface area contributed by atoms with Gasteiger partial charge in [-0.05, 0) is 31.1 Å². The van der Waals surface area contributed by atoms with Crippen LogP contribution >= 0.6 is 0 Å². The van der Waals surface area contributed by atoms with Crippen molar-refractivity contribution in [2.75, 3.05) is 20.3 Å². The van der Waals surface area contributed by atoms with Crippen molar-refractivity contribution >= 4 is 23.9 Å². The molecule has 2 aliphatic carbocycles. The Morgan fingerprint density at radius 3 is 2.58 bits per heavy atom. The van der Waals surface area contributed by atoms with Gasteiger partial charge in [0, 0.05) is 35.7 Å². The summed E-state index contributed by atoms with van der Waals surface area (Å²) in [5.41, 5.74) is 1.05. The van der Waals surface area contributed by atoms with Gasteiger partial charge in [-0.1, -0.05) is 19.8 Å². The average Bonchev–Trinajstić information content (AvgIpc) is 3.56. The first-order chi connectivity index (χ1) is 17.4. The number of aliphatic hydroxyl groups excluding tert-OH is 2. The van der Waals surface area contributed by atoms with E-state index in [2.05, 4.69) is 5.32 Å². The first-order valence-electron chi connectivity index (χ1n) is 12.3. The average molecular weight is 501 g/mol. The molecule has 10 nitrogen and oxygen atoms in total. The molecule has 0 aromatic heterocycles. The fourth-order valence-electron chi connectivity index (χ4n) is 5.55. The Hall–Kier alpha value is -3.24. The van der Waals surface area contributed by atoms with E-state index in [4.69, 9.17) is 9.47 Å². The van der Waals surface area contributed by atoms with Crippen LogP contribution in [0.4, 0.5) is 0 Å². The second-order valence-corrected chi connectivity index (χ2v) is 9.33. The van der Waals surface area contributed by atoms with Crippen LogP contribution in [0, 0.1) is 0 Å². The Bertz CT molecular complexity index is 1080. The smallest absolute Gasteiger partial charge is 0.290 e. The lowest BCUT2D eigenvalue weighted by Gasteiger charge is -2.42. The fourth-order valence-corrected chi connectivity index (χ4v) is 5.55. The molecule has 0 bridgehead atoms. The van der Waals surface area contributed by atoms with Crippen LogP contribution in [0.15, 0.2) is 23.8 Å². The molecule has 3 aliphatic rings. The van der Waals surface area contributed by atoms with E-state index < -0.39 is 41.8 Å². The maximum absolute atomic E-state index is 13.3. The highest BCUT2D eigenvalue weighted by Crippen LogP contribution is 2.51. The molecule has 1 fully saturated rings. The molecule has 0 unspecified atom stereocenters. The lowest BCUT2D eigenvalue weighted by molar-refractivity contribution is -0.150. The van der Waals surface area contributed by atoms with Crippen LogP contribution in [-0.2, 0) is 14.4 Å². The van der Waals surface area contributed by atoms with Crippen LogP contribution in [0.25, 0.3) is 0 Å². The van der Waals surface area contributed by atoms with Crippen molar-refractivity contribution in [3.05, 3.63) is 34.9 Å². The fraction of sp³-hybridized carbons (Fsp3) is 0.538. The number of methoxy groups -OCH3 is 1. The predicted octanol–water partition coefficient (Wildman–Crippen LogP) is 0.881. The number of fused-ring (bicyclic) bond motifs is 3. The molecule has 0 spiro atoms. The van der Waals surface area contributed by atoms with E-state index in [1.165, 1.54) is 24.2 Å². The Labute approximate surface area is 209 Å². The molecule has 10 heteroatoms. The van der Waals surface area contributed by atoms with Crippen LogP contribution in [-0.4, -0.2) is 83.5 Å². The Kier molecular flexibility index (Phi) is 7.75. The van der Waals surface area contributed by atoms with Gasteiger partial charge >= 0.3 is 0 Å². The zero-order valence-corrected chi connectivity index (χ0v) is 20.4. The summed E-state index contributed by atoms with van der Waals surface area (Å²) in [5, 5.41) is 23.4. The van der Waals surface area contributed by atoms with Gasteiger partial charge in [0.15, 0.2) is 11.5 Å². The molecule has 0 saturated heterocycles. The Morgan fingerprint density at radius 2 is 1.97 bits per heavy atom. The number of aliphatic hydroxyl groups is 2. The lowest BCUT2D eigenvalue weighted by atomic mass is 9.77. The topological polar surface area (TPSA) is 142 Å². The summed E-state index contributed by atoms with van der Waals surface area (Å²) >= 11 is 0. The molecule has 36 heavy (non-hydrogen) atoms. The quantitative estimate of drug-likeness (QED) is 0.335. The largest absolute Gasteiger partial charge is 0.493 e. The molecule has 1 aliphatic heterocycles. The zero-order chi connectivity index (χ0) is 26.0. The van der Waals surface area contributed by atoms with Crippen molar-refractivity contribution < 1.29 is 38.9 Å². The number of carbonyl (C=O) groups excluding carboxylic acids is 4. The summed E-state index contributed by atoms with van der Waals surface area (Å²) in [5.74, 6) is -1.90. The van der Waals surface area contributed by atoms with E-state index in [1.54, 1.807) is 13.0 Å². The number of aldehydes is 1. The van der Waals surface area contributed by atoms with E-state index in [9.17, 15) is 29.4 Å². The molecule has 2 amide bonds. The number of hydrogen-bond acceptors (Lipinski definition) is 8. The number of hydrogen-bond donors (Lipinski definition) is 3. The number of benzene rings is 1.